The highest BCUT2D eigenvalue weighted by Crippen LogP contribution is 2.35. The highest BCUT2D eigenvalue weighted by atomic mass is 19.4. The lowest BCUT2D eigenvalue weighted by Crippen LogP contribution is -2.12. The number of ether oxygens (including phenoxy) is 1. The van der Waals surface area contributed by atoms with Gasteiger partial charge < -0.3 is 10.1 Å². The molecular weight excluding hydrogens is 387 g/mol. The van der Waals surface area contributed by atoms with E-state index in [9.17, 15) is 23.3 Å². The van der Waals surface area contributed by atoms with Gasteiger partial charge in [-0.3, -0.25) is 15.1 Å². The van der Waals surface area contributed by atoms with Gasteiger partial charge in [-0.1, -0.05) is 0 Å². The van der Waals surface area contributed by atoms with Crippen molar-refractivity contribution in [2.75, 3.05) is 12.4 Å². The normalized spacial score (nSPS) is 12.6. The largest absolute Gasteiger partial charge is 0.497 e. The fraction of sp³-hybridized carbons (Fsp3) is 0.250. The molecule has 1 aromatic heterocycles. The van der Waals surface area contributed by atoms with Crippen LogP contribution in [-0.4, -0.2) is 17.0 Å². The molecule has 0 spiro atoms. The molecule has 1 N–H and O–H groups in total. The van der Waals surface area contributed by atoms with Crippen LogP contribution in [-0.2, 0) is 6.18 Å². The summed E-state index contributed by atoms with van der Waals surface area (Å²) < 4.78 is 44.7. The van der Waals surface area contributed by atoms with E-state index in [1.165, 1.54) is 0 Å². The Morgan fingerprint density at radius 1 is 1.17 bits per heavy atom. The molecule has 152 valence electrons. The summed E-state index contributed by atoms with van der Waals surface area (Å²) in [7, 11) is 1.54. The first-order valence-corrected chi connectivity index (χ1v) is 8.67. The zero-order valence-electron chi connectivity index (χ0n) is 15.9. The van der Waals surface area contributed by atoms with E-state index in [0.29, 0.717) is 28.7 Å². The van der Waals surface area contributed by atoms with Crippen molar-refractivity contribution in [1.82, 2.24) is 4.98 Å². The first-order chi connectivity index (χ1) is 13.6. The van der Waals surface area contributed by atoms with Gasteiger partial charge in [-0.25, -0.2) is 0 Å². The van der Waals surface area contributed by atoms with Crippen LogP contribution in [0.1, 0.15) is 29.8 Å². The van der Waals surface area contributed by atoms with Gasteiger partial charge in [0.25, 0.3) is 5.69 Å². The van der Waals surface area contributed by atoms with E-state index in [0.717, 1.165) is 17.5 Å². The number of alkyl halides is 3. The third-order valence-corrected chi connectivity index (χ3v) is 4.50. The lowest BCUT2D eigenvalue weighted by atomic mass is 10.0. The van der Waals surface area contributed by atoms with Gasteiger partial charge in [0.15, 0.2) is 0 Å². The summed E-state index contributed by atoms with van der Waals surface area (Å²) in [4.78, 5) is 14.7. The van der Waals surface area contributed by atoms with Gasteiger partial charge in [-0.15, -0.1) is 0 Å². The number of rotatable bonds is 5. The maximum absolute atomic E-state index is 13.2. The number of non-ortho nitro benzene ring substituents is 1. The van der Waals surface area contributed by atoms with Crippen molar-refractivity contribution < 1.29 is 22.8 Å². The molecule has 1 atom stereocenters. The fourth-order valence-electron chi connectivity index (χ4n) is 3.06. The molecule has 6 nitrogen and oxygen atoms in total. The molecule has 0 aliphatic carbocycles. The number of pyridine rings is 1. The summed E-state index contributed by atoms with van der Waals surface area (Å²) in [5.74, 6) is 0.628. The Morgan fingerprint density at radius 3 is 2.52 bits per heavy atom. The highest BCUT2D eigenvalue weighted by molar-refractivity contribution is 5.92. The second kappa shape index (κ2) is 7.57. The topological polar surface area (TPSA) is 77.3 Å². The van der Waals surface area contributed by atoms with Crippen LogP contribution in [0.2, 0.25) is 0 Å². The Labute approximate surface area is 164 Å². The number of aryl methyl sites for hydroxylation is 1. The SMILES string of the molecule is COc1ccc2c(NC(C)c3cc([N+](=O)[O-])cc(C(F)(F)F)c3)cc(C)nc2c1. The second-order valence-electron chi connectivity index (χ2n) is 6.63. The molecule has 9 heteroatoms. The highest BCUT2D eigenvalue weighted by Gasteiger charge is 2.33. The molecule has 2 aromatic carbocycles. The molecule has 0 saturated carbocycles. The number of anilines is 1. The van der Waals surface area contributed by atoms with Crippen molar-refractivity contribution in [3.05, 3.63) is 69.4 Å². The van der Waals surface area contributed by atoms with Crippen LogP contribution >= 0.6 is 0 Å². The van der Waals surface area contributed by atoms with Crippen molar-refractivity contribution in [2.24, 2.45) is 0 Å². The number of nitro benzene ring substituents is 1. The summed E-state index contributed by atoms with van der Waals surface area (Å²) in [5, 5.41) is 15.0. The molecule has 0 amide bonds. The molecule has 0 fully saturated rings. The van der Waals surface area contributed by atoms with Gasteiger partial charge >= 0.3 is 6.18 Å². The molecule has 3 rings (SSSR count). The Bertz CT molecular complexity index is 1080. The zero-order chi connectivity index (χ0) is 21.3. The Morgan fingerprint density at radius 2 is 1.90 bits per heavy atom. The second-order valence-corrected chi connectivity index (χ2v) is 6.63. The molecule has 0 aliphatic rings. The van der Waals surface area contributed by atoms with E-state index in [1.807, 2.05) is 0 Å². The van der Waals surface area contributed by atoms with E-state index in [2.05, 4.69) is 10.3 Å². The number of nitrogens with one attached hydrogen (secondary N) is 1. The van der Waals surface area contributed by atoms with Crippen molar-refractivity contribution in [3.8, 4) is 5.75 Å². The number of nitrogens with zero attached hydrogens (tertiary/aromatic N) is 2. The molecule has 0 radical (unpaired) electrons. The van der Waals surface area contributed by atoms with Crippen molar-refractivity contribution in [3.63, 3.8) is 0 Å². The maximum atomic E-state index is 13.2. The number of hydrogen-bond donors (Lipinski definition) is 1. The minimum atomic E-state index is -4.68. The average molecular weight is 405 g/mol. The molecule has 0 bridgehead atoms. The molecular formula is C20H18F3N3O3. The summed E-state index contributed by atoms with van der Waals surface area (Å²) in [6, 6.07) is 9.06. The predicted molar refractivity (Wildman–Crippen MR) is 103 cm³/mol. The first kappa shape index (κ1) is 20.4. The van der Waals surface area contributed by atoms with Crippen LogP contribution in [0, 0.1) is 17.0 Å². The monoisotopic (exact) mass is 405 g/mol. The third-order valence-electron chi connectivity index (χ3n) is 4.50. The molecule has 3 aromatic rings. The van der Waals surface area contributed by atoms with E-state index in [-0.39, 0.29) is 5.56 Å². The van der Waals surface area contributed by atoms with E-state index < -0.39 is 28.4 Å². The Hall–Kier alpha value is -3.36. The molecule has 0 saturated heterocycles. The van der Waals surface area contributed by atoms with E-state index in [4.69, 9.17) is 4.74 Å². The van der Waals surface area contributed by atoms with Crippen LogP contribution in [0.15, 0.2) is 42.5 Å². The average Bonchev–Trinajstić information content (AvgIpc) is 2.66. The summed E-state index contributed by atoms with van der Waals surface area (Å²) >= 11 is 0. The Kier molecular flexibility index (Phi) is 5.32. The van der Waals surface area contributed by atoms with Crippen LogP contribution in [0.25, 0.3) is 10.9 Å². The smallest absolute Gasteiger partial charge is 0.416 e. The van der Waals surface area contributed by atoms with Crippen molar-refractivity contribution in [1.29, 1.82) is 0 Å². The number of nitro groups is 1. The number of hydrogen-bond acceptors (Lipinski definition) is 5. The Balaban J connectivity index is 2.03. The van der Waals surface area contributed by atoms with Crippen LogP contribution < -0.4 is 10.1 Å². The third kappa shape index (κ3) is 4.39. The van der Waals surface area contributed by atoms with Crippen molar-refractivity contribution >= 4 is 22.3 Å². The van der Waals surface area contributed by atoms with Gasteiger partial charge in [0.2, 0.25) is 0 Å². The number of fused-ring (bicyclic) bond motifs is 1. The number of halogens is 3. The lowest BCUT2D eigenvalue weighted by Gasteiger charge is -2.19. The fourth-order valence-corrected chi connectivity index (χ4v) is 3.06. The summed E-state index contributed by atoms with van der Waals surface area (Å²) in [6.07, 6.45) is -4.68. The van der Waals surface area contributed by atoms with Gasteiger partial charge in [-0.05, 0) is 43.7 Å². The molecule has 0 aliphatic heterocycles. The number of benzene rings is 2. The van der Waals surface area contributed by atoms with Crippen LogP contribution in [0.4, 0.5) is 24.5 Å². The standard InChI is InChI=1S/C20H18F3N3O3/c1-11-6-18(17-5-4-16(29-3)10-19(17)24-11)25-12(2)13-7-14(20(21,22)23)9-15(8-13)26(27)28/h4-10,12H,1-3H3,(H,24,25). The predicted octanol–water partition coefficient (Wildman–Crippen LogP) is 5.65. The van der Waals surface area contributed by atoms with Gasteiger partial charge in [0.1, 0.15) is 5.75 Å². The van der Waals surface area contributed by atoms with E-state index >= 15 is 0 Å². The minimum absolute atomic E-state index is 0.155. The number of aromatic nitrogens is 1. The van der Waals surface area contributed by atoms with Gasteiger partial charge in [0.05, 0.1) is 23.1 Å². The minimum Gasteiger partial charge on any atom is -0.497 e. The molecule has 1 unspecified atom stereocenters. The molecule has 29 heavy (non-hydrogen) atoms. The maximum Gasteiger partial charge on any atom is 0.416 e. The first-order valence-electron chi connectivity index (χ1n) is 8.67. The van der Waals surface area contributed by atoms with Crippen LogP contribution in [0.3, 0.4) is 0 Å². The lowest BCUT2D eigenvalue weighted by molar-refractivity contribution is -0.385. The molecule has 1 heterocycles. The zero-order valence-corrected chi connectivity index (χ0v) is 15.9. The summed E-state index contributed by atoms with van der Waals surface area (Å²) in [6.45, 7) is 3.44. The quantitative estimate of drug-likeness (QED) is 0.438. The number of methoxy groups -OCH3 is 1. The van der Waals surface area contributed by atoms with Crippen molar-refractivity contribution in [2.45, 2.75) is 26.1 Å². The van der Waals surface area contributed by atoms with Gasteiger partial charge in [-0.2, -0.15) is 13.2 Å². The summed E-state index contributed by atoms with van der Waals surface area (Å²) in [5.41, 5.74) is 0.509. The van der Waals surface area contributed by atoms with Gasteiger partial charge in [0, 0.05) is 41.0 Å². The van der Waals surface area contributed by atoms with Crippen LogP contribution in [0.5, 0.6) is 5.75 Å². The van der Waals surface area contributed by atoms with E-state index in [1.54, 1.807) is 45.2 Å².